The van der Waals surface area contributed by atoms with Gasteiger partial charge in [-0.2, -0.15) is 8.78 Å². The van der Waals surface area contributed by atoms with E-state index in [0.717, 1.165) is 12.8 Å². The summed E-state index contributed by atoms with van der Waals surface area (Å²) in [6.45, 7) is -2.96. The lowest BCUT2D eigenvalue weighted by Crippen LogP contribution is -2.14. The first-order valence-electron chi connectivity index (χ1n) is 7.19. The van der Waals surface area contributed by atoms with Gasteiger partial charge in [0.25, 0.3) is 5.91 Å². The van der Waals surface area contributed by atoms with E-state index in [1.165, 1.54) is 18.3 Å². The average Bonchev–Trinajstić information content (AvgIpc) is 3.33. The normalized spacial score (nSPS) is 13.7. The van der Waals surface area contributed by atoms with Crippen LogP contribution < -0.4 is 15.4 Å². The van der Waals surface area contributed by atoms with Gasteiger partial charge >= 0.3 is 6.61 Å². The van der Waals surface area contributed by atoms with Gasteiger partial charge in [-0.15, -0.1) is 0 Å². The topological polar surface area (TPSA) is 63.2 Å². The number of para-hydroxylation sites is 2. The van der Waals surface area contributed by atoms with Crippen LogP contribution in [0.15, 0.2) is 42.6 Å². The number of carbonyl (C=O) groups is 1. The molecule has 0 atom stereocenters. The molecule has 7 heteroatoms. The van der Waals surface area contributed by atoms with Crippen molar-refractivity contribution in [3.8, 4) is 5.75 Å². The summed E-state index contributed by atoms with van der Waals surface area (Å²) in [5.74, 6) is 0.183. The van der Waals surface area contributed by atoms with Crippen molar-refractivity contribution in [1.29, 1.82) is 0 Å². The number of anilines is 2. The van der Waals surface area contributed by atoms with Gasteiger partial charge in [-0.3, -0.25) is 4.79 Å². The zero-order valence-electron chi connectivity index (χ0n) is 12.1. The minimum Gasteiger partial charge on any atom is -0.433 e. The van der Waals surface area contributed by atoms with Crippen molar-refractivity contribution < 1.29 is 18.3 Å². The Bertz CT molecular complexity index is 688. The number of nitrogens with one attached hydrogen (secondary N) is 2. The lowest BCUT2D eigenvalue weighted by molar-refractivity contribution is -0.0493. The Morgan fingerprint density at radius 1 is 1.22 bits per heavy atom. The van der Waals surface area contributed by atoms with Gasteiger partial charge in [0.1, 0.15) is 11.6 Å². The molecule has 2 N–H and O–H groups in total. The van der Waals surface area contributed by atoms with Gasteiger partial charge in [-0.25, -0.2) is 4.98 Å². The molecular formula is C16H15F2N3O2. The van der Waals surface area contributed by atoms with Crippen molar-refractivity contribution in [2.45, 2.75) is 25.5 Å². The SMILES string of the molecule is O=C(Nc1ccccc1OC(F)F)c1ccc(NC2CC2)nc1. The molecule has 1 aromatic heterocycles. The van der Waals surface area contributed by atoms with Gasteiger partial charge in [-0.05, 0) is 37.1 Å². The highest BCUT2D eigenvalue weighted by atomic mass is 19.3. The molecule has 1 amide bonds. The second-order valence-electron chi connectivity index (χ2n) is 5.18. The van der Waals surface area contributed by atoms with Crippen molar-refractivity contribution in [2.75, 3.05) is 10.6 Å². The molecule has 0 spiro atoms. The van der Waals surface area contributed by atoms with Crippen LogP contribution in [0.5, 0.6) is 5.75 Å². The van der Waals surface area contributed by atoms with E-state index in [9.17, 15) is 13.6 Å². The van der Waals surface area contributed by atoms with E-state index in [1.54, 1.807) is 24.3 Å². The monoisotopic (exact) mass is 319 g/mol. The number of alkyl halides is 2. The molecule has 1 fully saturated rings. The molecule has 2 aromatic rings. The van der Waals surface area contributed by atoms with Crippen LogP contribution in [-0.2, 0) is 0 Å². The standard InChI is InChI=1S/C16H15F2N3O2/c17-16(18)23-13-4-2-1-3-12(13)21-15(22)10-5-8-14(19-9-10)20-11-6-7-11/h1-5,8-9,11,16H,6-7H2,(H,19,20)(H,21,22). The van der Waals surface area contributed by atoms with Gasteiger partial charge in [0.2, 0.25) is 0 Å². The Morgan fingerprint density at radius 3 is 2.65 bits per heavy atom. The number of amides is 1. The molecule has 1 heterocycles. The summed E-state index contributed by atoms with van der Waals surface area (Å²) >= 11 is 0. The molecule has 23 heavy (non-hydrogen) atoms. The maximum absolute atomic E-state index is 12.4. The van der Waals surface area contributed by atoms with E-state index >= 15 is 0 Å². The predicted octanol–water partition coefficient (Wildman–Crippen LogP) is 3.51. The summed E-state index contributed by atoms with van der Waals surface area (Å²) in [5, 5.41) is 5.76. The zero-order chi connectivity index (χ0) is 16.2. The van der Waals surface area contributed by atoms with E-state index in [4.69, 9.17) is 0 Å². The fraction of sp³-hybridized carbons (Fsp3) is 0.250. The number of rotatable bonds is 6. The number of aromatic nitrogens is 1. The van der Waals surface area contributed by atoms with E-state index < -0.39 is 12.5 Å². The first-order chi connectivity index (χ1) is 11.1. The van der Waals surface area contributed by atoms with Gasteiger partial charge in [0.05, 0.1) is 11.3 Å². The third-order valence-corrected chi connectivity index (χ3v) is 3.31. The Labute approximate surface area is 131 Å². The summed E-state index contributed by atoms with van der Waals surface area (Å²) in [4.78, 5) is 16.4. The van der Waals surface area contributed by atoms with Crippen LogP contribution in [0.4, 0.5) is 20.3 Å². The summed E-state index contributed by atoms with van der Waals surface area (Å²) < 4.78 is 29.1. The van der Waals surface area contributed by atoms with Crippen molar-refractivity contribution in [3.63, 3.8) is 0 Å². The average molecular weight is 319 g/mol. The number of pyridine rings is 1. The number of nitrogens with zero attached hydrogens (tertiary/aromatic N) is 1. The maximum atomic E-state index is 12.4. The van der Waals surface area contributed by atoms with Crippen molar-refractivity contribution >= 4 is 17.4 Å². The van der Waals surface area contributed by atoms with E-state index in [1.807, 2.05) is 0 Å². The summed E-state index contributed by atoms with van der Waals surface area (Å²) in [6, 6.07) is 9.84. The molecule has 0 saturated heterocycles. The molecule has 3 rings (SSSR count). The van der Waals surface area contributed by atoms with E-state index in [2.05, 4.69) is 20.4 Å². The summed E-state index contributed by atoms with van der Waals surface area (Å²) in [7, 11) is 0. The zero-order valence-corrected chi connectivity index (χ0v) is 12.1. The van der Waals surface area contributed by atoms with Crippen molar-refractivity contribution in [1.82, 2.24) is 4.98 Å². The van der Waals surface area contributed by atoms with E-state index in [0.29, 0.717) is 17.4 Å². The molecule has 1 aliphatic carbocycles. The number of hydrogen-bond acceptors (Lipinski definition) is 4. The molecular weight excluding hydrogens is 304 g/mol. The second-order valence-corrected chi connectivity index (χ2v) is 5.18. The Balaban J connectivity index is 1.68. The Morgan fingerprint density at radius 2 is 2.00 bits per heavy atom. The van der Waals surface area contributed by atoms with Crippen LogP contribution >= 0.6 is 0 Å². The number of ether oxygens (including phenoxy) is 1. The molecule has 0 aliphatic heterocycles. The fourth-order valence-electron chi connectivity index (χ4n) is 2.01. The van der Waals surface area contributed by atoms with Crippen molar-refractivity contribution in [3.05, 3.63) is 48.2 Å². The van der Waals surface area contributed by atoms with E-state index in [-0.39, 0.29) is 11.4 Å². The molecule has 1 aliphatic rings. The molecule has 0 unspecified atom stereocenters. The highest BCUT2D eigenvalue weighted by molar-refractivity contribution is 6.04. The fourth-order valence-corrected chi connectivity index (χ4v) is 2.01. The lowest BCUT2D eigenvalue weighted by atomic mass is 10.2. The maximum Gasteiger partial charge on any atom is 0.387 e. The smallest absolute Gasteiger partial charge is 0.387 e. The van der Waals surface area contributed by atoms with Crippen LogP contribution in [0.25, 0.3) is 0 Å². The van der Waals surface area contributed by atoms with Crippen LogP contribution in [0.2, 0.25) is 0 Å². The van der Waals surface area contributed by atoms with Crippen LogP contribution in [-0.4, -0.2) is 23.5 Å². The molecule has 1 saturated carbocycles. The molecule has 0 bridgehead atoms. The predicted molar refractivity (Wildman–Crippen MR) is 81.9 cm³/mol. The molecule has 1 aromatic carbocycles. The summed E-state index contributed by atoms with van der Waals surface area (Å²) in [6.07, 6.45) is 3.70. The number of carbonyl (C=O) groups excluding carboxylic acids is 1. The third kappa shape index (κ3) is 4.15. The largest absolute Gasteiger partial charge is 0.433 e. The van der Waals surface area contributed by atoms with Crippen molar-refractivity contribution in [2.24, 2.45) is 0 Å². The molecule has 120 valence electrons. The number of hydrogen-bond donors (Lipinski definition) is 2. The third-order valence-electron chi connectivity index (χ3n) is 3.31. The van der Waals surface area contributed by atoms with Crippen LogP contribution in [0.1, 0.15) is 23.2 Å². The first kappa shape index (κ1) is 15.2. The Hall–Kier alpha value is -2.70. The highest BCUT2D eigenvalue weighted by Crippen LogP contribution is 2.26. The quantitative estimate of drug-likeness (QED) is 0.855. The van der Waals surface area contributed by atoms with Gasteiger partial charge in [0.15, 0.2) is 0 Å². The second kappa shape index (κ2) is 6.60. The van der Waals surface area contributed by atoms with Gasteiger partial charge in [-0.1, -0.05) is 12.1 Å². The number of benzene rings is 1. The lowest BCUT2D eigenvalue weighted by Gasteiger charge is -2.11. The highest BCUT2D eigenvalue weighted by Gasteiger charge is 2.21. The molecule has 0 radical (unpaired) electrons. The molecule has 5 nitrogen and oxygen atoms in total. The summed E-state index contributed by atoms with van der Waals surface area (Å²) in [5.41, 5.74) is 0.510. The van der Waals surface area contributed by atoms with Gasteiger partial charge in [0, 0.05) is 12.2 Å². The van der Waals surface area contributed by atoms with Gasteiger partial charge < -0.3 is 15.4 Å². The van der Waals surface area contributed by atoms with Crippen LogP contribution in [0, 0.1) is 0 Å². The minimum absolute atomic E-state index is 0.0872. The Kier molecular flexibility index (Phi) is 4.36. The minimum atomic E-state index is -2.96. The van der Waals surface area contributed by atoms with Crippen LogP contribution in [0.3, 0.4) is 0 Å². The number of halogens is 2. The first-order valence-corrected chi connectivity index (χ1v) is 7.19.